The molecule has 2 aromatic heterocycles. The summed E-state index contributed by atoms with van der Waals surface area (Å²) in [4.78, 5) is 20.6. The van der Waals surface area contributed by atoms with Gasteiger partial charge >= 0.3 is 0 Å². The predicted octanol–water partition coefficient (Wildman–Crippen LogP) is 2.23. The van der Waals surface area contributed by atoms with E-state index < -0.39 is 0 Å². The highest BCUT2D eigenvalue weighted by molar-refractivity contribution is 6.33. The molecule has 0 aromatic carbocycles. The van der Waals surface area contributed by atoms with Crippen molar-refractivity contribution in [2.45, 2.75) is 33.2 Å². The first-order valence-corrected chi connectivity index (χ1v) is 7.06. The van der Waals surface area contributed by atoms with E-state index in [0.29, 0.717) is 12.4 Å². The first-order valence-electron chi connectivity index (χ1n) is 6.68. The summed E-state index contributed by atoms with van der Waals surface area (Å²) in [6, 6.07) is 0. The van der Waals surface area contributed by atoms with Gasteiger partial charge in [-0.3, -0.25) is 9.48 Å². The summed E-state index contributed by atoms with van der Waals surface area (Å²) in [6.45, 7) is 6.26. The summed E-state index contributed by atoms with van der Waals surface area (Å²) in [6.07, 6.45) is 3.20. The fourth-order valence-corrected chi connectivity index (χ4v) is 1.97. The van der Waals surface area contributed by atoms with Crippen LogP contribution in [-0.2, 0) is 13.6 Å². The van der Waals surface area contributed by atoms with Crippen molar-refractivity contribution >= 4 is 17.5 Å². The maximum atomic E-state index is 12.2. The Kier molecular flexibility index (Phi) is 4.57. The number of halogens is 1. The molecule has 0 unspecified atom stereocenters. The van der Waals surface area contributed by atoms with E-state index in [9.17, 15) is 4.79 Å². The summed E-state index contributed by atoms with van der Waals surface area (Å²) in [5.74, 6) is 0.420. The van der Waals surface area contributed by atoms with Crippen LogP contribution in [0.1, 0.15) is 47.3 Å². The molecule has 0 aliphatic rings. The van der Waals surface area contributed by atoms with Gasteiger partial charge in [0.05, 0.1) is 17.4 Å². The monoisotopic (exact) mass is 307 g/mol. The van der Waals surface area contributed by atoms with Crippen LogP contribution in [0.2, 0.25) is 5.02 Å². The Hall–Kier alpha value is -1.95. The minimum Gasteiger partial charge on any atom is -0.346 e. The number of carbonyl (C=O) groups excluding carboxylic acids is 1. The van der Waals surface area contributed by atoms with Crippen LogP contribution in [-0.4, -0.2) is 25.7 Å². The van der Waals surface area contributed by atoms with Gasteiger partial charge in [0.25, 0.3) is 5.91 Å². The highest BCUT2D eigenvalue weighted by atomic mass is 35.5. The van der Waals surface area contributed by atoms with E-state index in [4.69, 9.17) is 11.6 Å². The maximum absolute atomic E-state index is 12.2. The summed E-state index contributed by atoms with van der Waals surface area (Å²) in [5.41, 5.74) is 2.17. The predicted molar refractivity (Wildman–Crippen MR) is 80.2 cm³/mol. The summed E-state index contributed by atoms with van der Waals surface area (Å²) in [7, 11) is 1.86. The molecule has 0 fully saturated rings. The van der Waals surface area contributed by atoms with Crippen LogP contribution in [0.3, 0.4) is 0 Å². The Bertz CT molecular complexity index is 665. The third-order valence-corrected chi connectivity index (χ3v) is 3.55. The molecule has 7 heteroatoms. The van der Waals surface area contributed by atoms with Crippen LogP contribution < -0.4 is 5.32 Å². The minimum absolute atomic E-state index is 0.134. The summed E-state index contributed by atoms with van der Waals surface area (Å²) in [5, 5.41) is 7.19. The lowest BCUT2D eigenvalue weighted by atomic mass is 10.2. The van der Waals surface area contributed by atoms with E-state index >= 15 is 0 Å². The van der Waals surface area contributed by atoms with Crippen molar-refractivity contribution in [2.24, 2.45) is 7.05 Å². The fourth-order valence-electron chi connectivity index (χ4n) is 1.80. The lowest BCUT2D eigenvalue weighted by molar-refractivity contribution is 0.0945. The normalized spacial score (nSPS) is 11.0. The number of aromatic nitrogens is 4. The van der Waals surface area contributed by atoms with Crippen LogP contribution >= 0.6 is 11.6 Å². The molecule has 6 nitrogen and oxygen atoms in total. The third kappa shape index (κ3) is 3.39. The van der Waals surface area contributed by atoms with Crippen LogP contribution in [0.4, 0.5) is 0 Å². The number of carbonyl (C=O) groups is 1. The van der Waals surface area contributed by atoms with Crippen LogP contribution in [0.5, 0.6) is 0 Å². The zero-order chi connectivity index (χ0) is 15.6. The molecule has 0 aliphatic heterocycles. The zero-order valence-corrected chi connectivity index (χ0v) is 13.3. The van der Waals surface area contributed by atoms with E-state index in [2.05, 4.69) is 20.4 Å². The van der Waals surface area contributed by atoms with Gasteiger partial charge in [0.1, 0.15) is 11.5 Å². The van der Waals surface area contributed by atoms with Crippen molar-refractivity contribution in [3.8, 4) is 0 Å². The number of nitrogens with zero attached hydrogens (tertiary/aromatic N) is 4. The number of rotatable bonds is 4. The molecule has 0 aliphatic carbocycles. The molecule has 0 saturated heterocycles. The molecule has 0 saturated carbocycles. The second kappa shape index (κ2) is 6.22. The Morgan fingerprint density at radius 3 is 2.71 bits per heavy atom. The zero-order valence-electron chi connectivity index (χ0n) is 12.5. The van der Waals surface area contributed by atoms with Crippen LogP contribution in [0.15, 0.2) is 12.4 Å². The molecule has 0 radical (unpaired) electrons. The topological polar surface area (TPSA) is 72.7 Å². The second-order valence-electron chi connectivity index (χ2n) is 5.14. The van der Waals surface area contributed by atoms with Crippen LogP contribution in [0.25, 0.3) is 0 Å². The van der Waals surface area contributed by atoms with E-state index in [1.54, 1.807) is 10.9 Å². The smallest absolute Gasteiger partial charge is 0.271 e. The van der Waals surface area contributed by atoms with Gasteiger partial charge in [0.2, 0.25) is 0 Å². The molecule has 2 heterocycles. The molecular formula is C14H18ClN5O. The fraction of sp³-hybridized carbons (Fsp3) is 0.429. The lowest BCUT2D eigenvalue weighted by Gasteiger charge is -2.09. The van der Waals surface area contributed by atoms with Gasteiger partial charge in [-0.2, -0.15) is 5.10 Å². The molecule has 2 aromatic rings. The lowest BCUT2D eigenvalue weighted by Crippen LogP contribution is -2.25. The number of hydrogen-bond acceptors (Lipinski definition) is 4. The molecule has 1 N–H and O–H groups in total. The number of nitrogens with one attached hydrogen (secondary N) is 1. The molecular weight excluding hydrogens is 290 g/mol. The highest BCUT2D eigenvalue weighted by Gasteiger charge is 2.16. The largest absolute Gasteiger partial charge is 0.346 e. The molecule has 21 heavy (non-hydrogen) atoms. The highest BCUT2D eigenvalue weighted by Crippen LogP contribution is 2.16. The molecule has 112 valence electrons. The average Bonchev–Trinajstić information content (AvgIpc) is 2.76. The molecule has 1 amide bonds. The van der Waals surface area contributed by atoms with Crippen molar-refractivity contribution in [1.82, 2.24) is 25.1 Å². The van der Waals surface area contributed by atoms with E-state index in [0.717, 1.165) is 11.3 Å². The van der Waals surface area contributed by atoms with Gasteiger partial charge in [-0.25, -0.2) is 9.97 Å². The van der Waals surface area contributed by atoms with Crippen molar-refractivity contribution in [1.29, 1.82) is 0 Å². The van der Waals surface area contributed by atoms with E-state index in [1.807, 2.05) is 27.8 Å². The Morgan fingerprint density at radius 1 is 1.43 bits per heavy atom. The second-order valence-corrected chi connectivity index (χ2v) is 5.55. The van der Waals surface area contributed by atoms with Gasteiger partial charge in [-0.1, -0.05) is 25.4 Å². The summed E-state index contributed by atoms with van der Waals surface area (Å²) >= 11 is 6.01. The molecule has 2 rings (SSSR count). The van der Waals surface area contributed by atoms with Crippen molar-refractivity contribution in [2.75, 3.05) is 0 Å². The third-order valence-electron chi connectivity index (χ3n) is 3.27. The average molecular weight is 308 g/mol. The van der Waals surface area contributed by atoms with E-state index in [-0.39, 0.29) is 22.5 Å². The van der Waals surface area contributed by atoms with Crippen LogP contribution in [0, 0.1) is 6.92 Å². The Morgan fingerprint density at radius 2 is 2.14 bits per heavy atom. The number of amides is 1. The van der Waals surface area contributed by atoms with Crippen molar-refractivity contribution < 1.29 is 4.79 Å². The first kappa shape index (κ1) is 15.4. The standard InChI is InChI=1S/C14H18ClN5O/c1-8(2)13-16-7-11(15)12(19-13)14(21)17-5-10-6-18-20(4)9(10)3/h6-8H,5H2,1-4H3,(H,17,21). The van der Waals surface area contributed by atoms with Gasteiger partial charge in [0.15, 0.2) is 0 Å². The van der Waals surface area contributed by atoms with Crippen molar-refractivity contribution in [3.63, 3.8) is 0 Å². The van der Waals surface area contributed by atoms with Gasteiger partial charge in [0, 0.05) is 30.8 Å². The molecule has 0 atom stereocenters. The summed E-state index contributed by atoms with van der Waals surface area (Å²) < 4.78 is 1.76. The molecule has 0 spiro atoms. The molecule has 0 bridgehead atoms. The first-order chi connectivity index (χ1) is 9.90. The SMILES string of the molecule is Cc1c(CNC(=O)c2nc(C(C)C)ncc2Cl)cnn1C. The van der Waals surface area contributed by atoms with E-state index in [1.165, 1.54) is 6.20 Å². The van der Waals surface area contributed by atoms with Gasteiger partial charge < -0.3 is 5.32 Å². The number of aryl methyl sites for hydroxylation is 1. The minimum atomic E-state index is -0.312. The Labute approximate surface area is 128 Å². The Balaban J connectivity index is 2.13. The van der Waals surface area contributed by atoms with Gasteiger partial charge in [-0.05, 0) is 6.92 Å². The number of hydrogen-bond donors (Lipinski definition) is 1. The van der Waals surface area contributed by atoms with Gasteiger partial charge in [-0.15, -0.1) is 0 Å². The quantitative estimate of drug-likeness (QED) is 0.940. The van der Waals surface area contributed by atoms with Crippen molar-refractivity contribution in [3.05, 3.63) is 40.2 Å². The maximum Gasteiger partial charge on any atom is 0.271 e.